The molecule has 1 unspecified atom stereocenters. The maximum absolute atomic E-state index is 11.8. The molecule has 1 atom stereocenters. The summed E-state index contributed by atoms with van der Waals surface area (Å²) >= 11 is 1.37. The van der Waals surface area contributed by atoms with Gasteiger partial charge in [0.1, 0.15) is 10.8 Å². The molecule has 1 aromatic heterocycles. The fraction of sp³-hybridized carbons (Fsp3) is 0.727. The molecule has 0 radical (unpaired) electrons. The van der Waals surface area contributed by atoms with Crippen molar-refractivity contribution in [2.45, 2.75) is 38.7 Å². The number of hydrogen-bond acceptors (Lipinski definition) is 6. The van der Waals surface area contributed by atoms with Gasteiger partial charge in [-0.2, -0.15) is 0 Å². The summed E-state index contributed by atoms with van der Waals surface area (Å²) in [7, 11) is -1.48. The van der Waals surface area contributed by atoms with Gasteiger partial charge in [-0.3, -0.25) is 0 Å². The van der Waals surface area contributed by atoms with Crippen LogP contribution in [0, 0.1) is 0 Å². The minimum absolute atomic E-state index is 0.00502. The first-order chi connectivity index (χ1) is 8.39. The van der Waals surface area contributed by atoms with Crippen LogP contribution in [0.5, 0.6) is 0 Å². The molecular weight excluding hydrogens is 272 g/mol. The summed E-state index contributed by atoms with van der Waals surface area (Å²) in [5.74, 6) is 0.189. The van der Waals surface area contributed by atoms with Crippen molar-refractivity contribution in [3.8, 4) is 0 Å². The predicted molar refractivity (Wildman–Crippen MR) is 73.2 cm³/mol. The summed E-state index contributed by atoms with van der Waals surface area (Å²) in [6.45, 7) is 4.07. The average molecular weight is 292 g/mol. The highest BCUT2D eigenvalue weighted by Crippen LogP contribution is 2.26. The van der Waals surface area contributed by atoms with E-state index >= 15 is 0 Å². The Morgan fingerprint density at radius 1 is 1.50 bits per heavy atom. The zero-order valence-electron chi connectivity index (χ0n) is 11.0. The van der Waals surface area contributed by atoms with E-state index in [1.165, 1.54) is 11.3 Å². The SMILES string of the molecule is CCCS(=O)(=O)Cc1nc(COC)c(C(C)N)s1. The van der Waals surface area contributed by atoms with E-state index in [4.69, 9.17) is 10.5 Å². The highest BCUT2D eigenvalue weighted by Gasteiger charge is 2.18. The lowest BCUT2D eigenvalue weighted by molar-refractivity contribution is 0.181. The molecule has 0 aliphatic heterocycles. The summed E-state index contributed by atoms with van der Waals surface area (Å²) < 4.78 is 28.6. The van der Waals surface area contributed by atoms with Crippen molar-refractivity contribution in [1.29, 1.82) is 0 Å². The molecule has 1 rings (SSSR count). The Hall–Kier alpha value is -0.500. The van der Waals surface area contributed by atoms with Crippen molar-refractivity contribution < 1.29 is 13.2 Å². The highest BCUT2D eigenvalue weighted by molar-refractivity contribution is 7.90. The number of methoxy groups -OCH3 is 1. The number of thiazole rings is 1. The Kier molecular flexibility index (Phi) is 5.71. The van der Waals surface area contributed by atoms with Crippen LogP contribution in [0.4, 0.5) is 0 Å². The summed E-state index contributed by atoms with van der Waals surface area (Å²) in [6.07, 6.45) is 0.624. The van der Waals surface area contributed by atoms with Crippen molar-refractivity contribution in [1.82, 2.24) is 4.98 Å². The molecule has 0 saturated heterocycles. The highest BCUT2D eigenvalue weighted by atomic mass is 32.2. The third-order valence-corrected chi connectivity index (χ3v) is 5.55. The molecule has 2 N–H and O–H groups in total. The molecule has 0 aliphatic rings. The van der Waals surface area contributed by atoms with Gasteiger partial charge in [0.25, 0.3) is 0 Å². The summed E-state index contributed by atoms with van der Waals surface area (Å²) in [5, 5.41) is 0.600. The van der Waals surface area contributed by atoms with Gasteiger partial charge in [-0.25, -0.2) is 13.4 Å². The number of nitrogens with zero attached hydrogens (tertiary/aromatic N) is 1. The van der Waals surface area contributed by atoms with Crippen LogP contribution in [-0.4, -0.2) is 26.3 Å². The molecule has 0 bridgehead atoms. The molecule has 0 saturated carbocycles. The van der Waals surface area contributed by atoms with Crippen LogP contribution >= 0.6 is 11.3 Å². The molecule has 5 nitrogen and oxygen atoms in total. The topological polar surface area (TPSA) is 82.3 Å². The van der Waals surface area contributed by atoms with Crippen molar-refractivity contribution in [3.63, 3.8) is 0 Å². The van der Waals surface area contributed by atoms with Crippen molar-refractivity contribution in [2.24, 2.45) is 5.73 Å². The van der Waals surface area contributed by atoms with Crippen molar-refractivity contribution >= 4 is 21.2 Å². The molecule has 0 aromatic carbocycles. The number of rotatable bonds is 7. The van der Waals surface area contributed by atoms with Gasteiger partial charge in [-0.05, 0) is 13.3 Å². The zero-order chi connectivity index (χ0) is 13.8. The van der Waals surface area contributed by atoms with E-state index in [-0.39, 0.29) is 17.5 Å². The molecule has 0 fully saturated rings. The molecule has 0 amide bonds. The lowest BCUT2D eigenvalue weighted by atomic mass is 10.2. The molecule has 0 spiro atoms. The number of nitrogens with two attached hydrogens (primary N) is 1. The predicted octanol–water partition coefficient (Wildman–Crippen LogP) is 1.63. The lowest BCUT2D eigenvalue weighted by Crippen LogP contribution is -2.08. The maximum Gasteiger partial charge on any atom is 0.156 e. The van der Waals surface area contributed by atoms with Gasteiger partial charge in [0, 0.05) is 18.0 Å². The van der Waals surface area contributed by atoms with Crippen LogP contribution in [0.25, 0.3) is 0 Å². The van der Waals surface area contributed by atoms with Gasteiger partial charge in [-0.1, -0.05) is 6.92 Å². The summed E-state index contributed by atoms with van der Waals surface area (Å²) in [6, 6.07) is -0.157. The van der Waals surface area contributed by atoms with Gasteiger partial charge < -0.3 is 10.5 Å². The molecule has 1 heterocycles. The molecule has 18 heavy (non-hydrogen) atoms. The Morgan fingerprint density at radius 2 is 2.17 bits per heavy atom. The number of ether oxygens (including phenoxy) is 1. The van der Waals surface area contributed by atoms with Gasteiger partial charge in [0.2, 0.25) is 0 Å². The van der Waals surface area contributed by atoms with Gasteiger partial charge in [-0.15, -0.1) is 11.3 Å². The van der Waals surface area contributed by atoms with Crippen LogP contribution in [-0.2, 0) is 26.9 Å². The Balaban J connectivity index is 2.94. The normalized spacial score (nSPS) is 13.8. The second kappa shape index (κ2) is 6.60. The second-order valence-electron chi connectivity index (χ2n) is 4.23. The molecule has 1 aromatic rings. The van der Waals surface area contributed by atoms with Crippen molar-refractivity contribution in [3.05, 3.63) is 15.6 Å². The van der Waals surface area contributed by atoms with Gasteiger partial charge in [0.05, 0.1) is 18.1 Å². The van der Waals surface area contributed by atoms with Gasteiger partial charge in [0.15, 0.2) is 9.84 Å². The molecular formula is C11H20N2O3S2. The quantitative estimate of drug-likeness (QED) is 0.826. The van der Waals surface area contributed by atoms with E-state index in [0.29, 0.717) is 18.0 Å². The lowest BCUT2D eigenvalue weighted by Gasteiger charge is -2.03. The first kappa shape index (κ1) is 15.6. The first-order valence-corrected chi connectivity index (χ1v) is 8.46. The van der Waals surface area contributed by atoms with E-state index in [2.05, 4.69) is 4.98 Å². The van der Waals surface area contributed by atoms with Crippen LogP contribution in [0.15, 0.2) is 0 Å². The van der Waals surface area contributed by atoms with Crippen LogP contribution < -0.4 is 5.73 Å². The minimum atomic E-state index is -3.06. The van der Waals surface area contributed by atoms with E-state index in [9.17, 15) is 8.42 Å². The average Bonchev–Trinajstić information content (AvgIpc) is 2.60. The van der Waals surface area contributed by atoms with Crippen LogP contribution in [0.2, 0.25) is 0 Å². The molecule has 7 heteroatoms. The van der Waals surface area contributed by atoms with Crippen molar-refractivity contribution in [2.75, 3.05) is 12.9 Å². The minimum Gasteiger partial charge on any atom is -0.378 e. The third kappa shape index (κ3) is 4.31. The standard InChI is InChI=1S/C11H20N2O3S2/c1-4-5-18(14,15)7-10-13-9(6-16-3)11(17-10)8(2)12/h8H,4-7,12H2,1-3H3. The summed E-state index contributed by atoms with van der Waals surface area (Å²) in [5.41, 5.74) is 6.60. The second-order valence-corrected chi connectivity index (χ2v) is 7.53. The monoisotopic (exact) mass is 292 g/mol. The zero-order valence-corrected chi connectivity index (χ0v) is 12.6. The first-order valence-electron chi connectivity index (χ1n) is 5.83. The number of hydrogen-bond donors (Lipinski definition) is 1. The Morgan fingerprint density at radius 3 is 2.67 bits per heavy atom. The maximum atomic E-state index is 11.8. The van der Waals surface area contributed by atoms with E-state index in [0.717, 1.165) is 10.6 Å². The van der Waals surface area contributed by atoms with E-state index in [1.807, 2.05) is 13.8 Å². The largest absolute Gasteiger partial charge is 0.378 e. The van der Waals surface area contributed by atoms with Crippen LogP contribution in [0.3, 0.4) is 0 Å². The number of aromatic nitrogens is 1. The molecule has 104 valence electrons. The fourth-order valence-electron chi connectivity index (χ4n) is 1.64. The van der Waals surface area contributed by atoms with E-state index in [1.54, 1.807) is 7.11 Å². The number of sulfone groups is 1. The van der Waals surface area contributed by atoms with Gasteiger partial charge >= 0.3 is 0 Å². The van der Waals surface area contributed by atoms with E-state index < -0.39 is 9.84 Å². The molecule has 0 aliphatic carbocycles. The fourth-order valence-corrected chi connectivity index (χ4v) is 4.44. The summed E-state index contributed by atoms with van der Waals surface area (Å²) in [4.78, 5) is 5.22. The smallest absolute Gasteiger partial charge is 0.156 e. The Bertz CT molecular complexity index is 480. The van der Waals surface area contributed by atoms with Crippen LogP contribution in [0.1, 0.15) is 41.9 Å². The Labute approximate surface area is 112 Å². The third-order valence-electron chi connectivity index (χ3n) is 2.32.